The van der Waals surface area contributed by atoms with Crippen LogP contribution in [0.15, 0.2) is 0 Å². The fraction of sp³-hybridized carbons (Fsp3) is 0.933. The summed E-state index contributed by atoms with van der Waals surface area (Å²) in [6.45, 7) is 5.67. The van der Waals surface area contributed by atoms with E-state index < -0.39 is 0 Å². The Morgan fingerprint density at radius 1 is 1.47 bits per heavy atom. The highest BCUT2D eigenvalue weighted by Crippen LogP contribution is 2.38. The molecule has 0 aromatic carbocycles. The van der Waals surface area contributed by atoms with Crippen molar-refractivity contribution in [2.24, 2.45) is 11.3 Å². The van der Waals surface area contributed by atoms with E-state index in [2.05, 4.69) is 12.2 Å². The van der Waals surface area contributed by atoms with Crippen LogP contribution in [-0.4, -0.2) is 43.3 Å². The SMILES string of the molecule is CC[C@H](CC1CC1)NC(=O)N1CC[C@]2(CCOC2)C1. The smallest absolute Gasteiger partial charge is 0.317 e. The molecule has 1 aliphatic carbocycles. The van der Waals surface area contributed by atoms with Crippen molar-refractivity contribution in [1.29, 1.82) is 0 Å². The molecule has 1 N–H and O–H groups in total. The van der Waals surface area contributed by atoms with Gasteiger partial charge in [-0.2, -0.15) is 0 Å². The van der Waals surface area contributed by atoms with Crippen LogP contribution in [0.5, 0.6) is 0 Å². The molecule has 1 saturated carbocycles. The number of likely N-dealkylation sites (tertiary alicyclic amines) is 1. The van der Waals surface area contributed by atoms with Crippen LogP contribution in [0.2, 0.25) is 0 Å². The van der Waals surface area contributed by atoms with Crippen molar-refractivity contribution in [1.82, 2.24) is 10.2 Å². The molecule has 3 aliphatic rings. The van der Waals surface area contributed by atoms with Crippen LogP contribution in [0.25, 0.3) is 0 Å². The molecule has 108 valence electrons. The average molecular weight is 266 g/mol. The van der Waals surface area contributed by atoms with Gasteiger partial charge in [0.25, 0.3) is 0 Å². The third-order valence-corrected chi connectivity index (χ3v) is 5.05. The molecule has 3 rings (SSSR count). The summed E-state index contributed by atoms with van der Waals surface area (Å²) in [5.41, 5.74) is 0.273. The number of hydrogen-bond donors (Lipinski definition) is 1. The fourth-order valence-electron chi connectivity index (χ4n) is 3.43. The first-order valence-corrected chi connectivity index (χ1v) is 7.84. The molecule has 4 heteroatoms. The maximum Gasteiger partial charge on any atom is 0.317 e. The van der Waals surface area contributed by atoms with Crippen LogP contribution < -0.4 is 5.32 Å². The third kappa shape index (κ3) is 3.04. The number of nitrogens with one attached hydrogen (secondary N) is 1. The number of urea groups is 1. The number of hydrogen-bond acceptors (Lipinski definition) is 2. The standard InChI is InChI=1S/C15H26N2O2/c1-2-13(9-12-3-4-12)16-14(18)17-7-5-15(10-17)6-8-19-11-15/h12-13H,2-11H2,1H3,(H,16,18)/t13-,15+/m1/s1. The maximum absolute atomic E-state index is 12.3. The van der Waals surface area contributed by atoms with E-state index in [9.17, 15) is 4.79 Å². The molecule has 0 aromatic heterocycles. The van der Waals surface area contributed by atoms with Crippen LogP contribution in [-0.2, 0) is 4.74 Å². The molecule has 2 amide bonds. The zero-order valence-electron chi connectivity index (χ0n) is 12.0. The normalized spacial score (nSPS) is 31.9. The summed E-state index contributed by atoms with van der Waals surface area (Å²) in [6.07, 6.45) is 7.16. The van der Waals surface area contributed by atoms with Gasteiger partial charge in [0.2, 0.25) is 0 Å². The summed E-state index contributed by atoms with van der Waals surface area (Å²) in [5, 5.41) is 3.23. The highest BCUT2D eigenvalue weighted by molar-refractivity contribution is 5.75. The molecular formula is C15H26N2O2. The summed E-state index contributed by atoms with van der Waals surface area (Å²) in [6, 6.07) is 0.521. The second-order valence-electron chi connectivity index (χ2n) is 6.71. The minimum Gasteiger partial charge on any atom is -0.381 e. The zero-order valence-corrected chi connectivity index (χ0v) is 12.0. The van der Waals surface area contributed by atoms with Gasteiger partial charge in [-0.1, -0.05) is 19.8 Å². The number of rotatable bonds is 4. The summed E-state index contributed by atoms with van der Waals surface area (Å²) in [7, 11) is 0. The van der Waals surface area contributed by atoms with Gasteiger partial charge in [0.1, 0.15) is 0 Å². The third-order valence-electron chi connectivity index (χ3n) is 5.05. The highest BCUT2D eigenvalue weighted by atomic mass is 16.5. The molecule has 0 unspecified atom stereocenters. The fourth-order valence-corrected chi connectivity index (χ4v) is 3.43. The van der Waals surface area contributed by atoms with Crippen molar-refractivity contribution in [3.05, 3.63) is 0 Å². The van der Waals surface area contributed by atoms with Gasteiger partial charge in [0, 0.05) is 31.2 Å². The number of ether oxygens (including phenoxy) is 1. The Labute approximate surface area is 115 Å². The highest BCUT2D eigenvalue weighted by Gasteiger charge is 2.43. The summed E-state index contributed by atoms with van der Waals surface area (Å²) in [4.78, 5) is 14.3. The Bertz CT molecular complexity index is 335. The van der Waals surface area contributed by atoms with E-state index in [0.717, 1.165) is 51.5 Å². The minimum atomic E-state index is 0.149. The molecule has 2 heterocycles. The second-order valence-corrected chi connectivity index (χ2v) is 6.71. The molecule has 1 spiro atoms. The van der Waals surface area contributed by atoms with Crippen molar-refractivity contribution in [3.8, 4) is 0 Å². The molecule has 0 aromatic rings. The number of carbonyl (C=O) groups excluding carboxylic acids is 1. The maximum atomic E-state index is 12.3. The Kier molecular flexibility index (Phi) is 3.70. The lowest BCUT2D eigenvalue weighted by molar-refractivity contribution is 0.152. The molecule has 0 radical (unpaired) electrons. The first-order chi connectivity index (χ1) is 9.21. The lowest BCUT2D eigenvalue weighted by Gasteiger charge is -2.25. The van der Waals surface area contributed by atoms with E-state index in [1.807, 2.05) is 4.90 Å². The van der Waals surface area contributed by atoms with Gasteiger partial charge < -0.3 is 15.0 Å². The van der Waals surface area contributed by atoms with Crippen molar-refractivity contribution >= 4 is 6.03 Å². The van der Waals surface area contributed by atoms with Gasteiger partial charge in [0.15, 0.2) is 0 Å². The van der Waals surface area contributed by atoms with E-state index in [1.165, 1.54) is 19.3 Å². The van der Waals surface area contributed by atoms with E-state index in [-0.39, 0.29) is 11.4 Å². The van der Waals surface area contributed by atoms with Crippen LogP contribution in [0.4, 0.5) is 4.79 Å². The molecule has 4 nitrogen and oxygen atoms in total. The zero-order chi connectivity index (χ0) is 13.3. The quantitative estimate of drug-likeness (QED) is 0.849. The Balaban J connectivity index is 1.49. The van der Waals surface area contributed by atoms with Gasteiger partial charge >= 0.3 is 6.03 Å². The Hall–Kier alpha value is -0.770. The molecular weight excluding hydrogens is 240 g/mol. The van der Waals surface area contributed by atoms with Crippen LogP contribution in [0, 0.1) is 11.3 Å². The van der Waals surface area contributed by atoms with Crippen LogP contribution >= 0.6 is 0 Å². The molecule has 2 aliphatic heterocycles. The molecule has 2 saturated heterocycles. The summed E-state index contributed by atoms with van der Waals surface area (Å²) < 4.78 is 5.52. The van der Waals surface area contributed by atoms with Crippen molar-refractivity contribution in [3.63, 3.8) is 0 Å². The topological polar surface area (TPSA) is 41.6 Å². The first-order valence-electron chi connectivity index (χ1n) is 7.84. The van der Waals surface area contributed by atoms with Crippen molar-refractivity contribution < 1.29 is 9.53 Å². The number of amides is 2. The monoisotopic (exact) mass is 266 g/mol. The average Bonchev–Trinajstić information content (AvgIpc) is 2.96. The van der Waals surface area contributed by atoms with E-state index in [0.29, 0.717) is 6.04 Å². The van der Waals surface area contributed by atoms with Crippen LogP contribution in [0.3, 0.4) is 0 Å². The molecule has 2 atom stereocenters. The molecule has 3 fully saturated rings. The van der Waals surface area contributed by atoms with Gasteiger partial charge in [-0.25, -0.2) is 4.79 Å². The molecule has 19 heavy (non-hydrogen) atoms. The Morgan fingerprint density at radius 2 is 2.32 bits per heavy atom. The van der Waals surface area contributed by atoms with Gasteiger partial charge in [-0.05, 0) is 31.6 Å². The van der Waals surface area contributed by atoms with E-state index >= 15 is 0 Å². The first kappa shape index (κ1) is 13.2. The number of carbonyl (C=O) groups is 1. The van der Waals surface area contributed by atoms with Gasteiger partial charge in [0.05, 0.1) is 6.61 Å². The van der Waals surface area contributed by atoms with Gasteiger partial charge in [-0.3, -0.25) is 0 Å². The summed E-state index contributed by atoms with van der Waals surface area (Å²) >= 11 is 0. The second kappa shape index (κ2) is 5.31. The Morgan fingerprint density at radius 3 is 2.95 bits per heavy atom. The number of nitrogens with zero attached hydrogens (tertiary/aromatic N) is 1. The van der Waals surface area contributed by atoms with Gasteiger partial charge in [-0.15, -0.1) is 0 Å². The molecule has 0 bridgehead atoms. The van der Waals surface area contributed by atoms with Crippen molar-refractivity contribution in [2.45, 2.75) is 51.5 Å². The lowest BCUT2D eigenvalue weighted by Crippen LogP contribution is -2.44. The summed E-state index contributed by atoms with van der Waals surface area (Å²) in [5.74, 6) is 0.874. The largest absolute Gasteiger partial charge is 0.381 e. The predicted molar refractivity (Wildman–Crippen MR) is 74.0 cm³/mol. The predicted octanol–water partition coefficient (Wildman–Crippen LogP) is 2.39. The van der Waals surface area contributed by atoms with E-state index in [4.69, 9.17) is 4.74 Å². The van der Waals surface area contributed by atoms with Crippen molar-refractivity contribution in [2.75, 3.05) is 26.3 Å². The minimum absolute atomic E-state index is 0.149. The van der Waals surface area contributed by atoms with Crippen LogP contribution in [0.1, 0.15) is 45.4 Å². The lowest BCUT2D eigenvalue weighted by atomic mass is 9.87. The van der Waals surface area contributed by atoms with E-state index in [1.54, 1.807) is 0 Å².